The van der Waals surface area contributed by atoms with Gasteiger partial charge in [0.15, 0.2) is 5.13 Å². The number of pyridine rings is 1. The molecule has 7 heteroatoms. The Morgan fingerprint density at radius 3 is 2.76 bits per heavy atom. The number of anilines is 1. The van der Waals surface area contributed by atoms with Gasteiger partial charge in [0.25, 0.3) is 5.91 Å². The van der Waals surface area contributed by atoms with Crippen LogP contribution in [0.25, 0.3) is 16.3 Å². The number of carbonyl (C=O) groups is 1. The predicted octanol–water partition coefficient (Wildman–Crippen LogP) is 5.32. The number of hydrogen-bond donors (Lipinski definition) is 0. The molecule has 0 atom stereocenters. The Balaban J connectivity index is 1.74. The smallest absolute Gasteiger partial charge is 0.253 e. The number of methoxy groups -OCH3 is 1. The zero-order valence-corrected chi connectivity index (χ0v) is 17.7. The van der Waals surface area contributed by atoms with Crippen molar-refractivity contribution in [1.29, 1.82) is 0 Å². The van der Waals surface area contributed by atoms with Gasteiger partial charge in [0.1, 0.15) is 11.3 Å². The Bertz CT molecular complexity index is 1150. The van der Waals surface area contributed by atoms with Crippen molar-refractivity contribution in [2.45, 2.75) is 13.5 Å². The molecule has 1 aromatic carbocycles. The van der Waals surface area contributed by atoms with Crippen LogP contribution >= 0.6 is 22.7 Å². The highest BCUT2D eigenvalue weighted by Gasteiger charge is 2.20. The molecule has 146 valence electrons. The fourth-order valence-corrected chi connectivity index (χ4v) is 4.59. The number of carbonyl (C=O) groups excluding carboxylic acids is 1. The molecule has 29 heavy (non-hydrogen) atoms. The van der Waals surface area contributed by atoms with Crippen molar-refractivity contribution in [3.63, 3.8) is 0 Å². The minimum absolute atomic E-state index is 0.120. The number of hydrogen-bond acceptors (Lipinski definition) is 6. The van der Waals surface area contributed by atoms with Crippen LogP contribution in [0.15, 0.2) is 60.2 Å². The molecule has 0 spiro atoms. The summed E-state index contributed by atoms with van der Waals surface area (Å²) in [6.07, 6.45) is 6.89. The van der Waals surface area contributed by atoms with Crippen molar-refractivity contribution in [2.75, 3.05) is 12.0 Å². The highest BCUT2D eigenvalue weighted by Crippen LogP contribution is 2.37. The molecule has 0 N–H and O–H groups in total. The molecular weight excluding hydrogens is 402 g/mol. The quantitative estimate of drug-likeness (QED) is 0.396. The second-order valence-corrected chi connectivity index (χ2v) is 8.34. The number of rotatable bonds is 6. The number of benzene rings is 1. The van der Waals surface area contributed by atoms with Gasteiger partial charge in [-0.25, -0.2) is 4.98 Å². The van der Waals surface area contributed by atoms with E-state index in [-0.39, 0.29) is 5.91 Å². The van der Waals surface area contributed by atoms with Gasteiger partial charge >= 0.3 is 0 Å². The minimum Gasteiger partial charge on any atom is -0.494 e. The van der Waals surface area contributed by atoms with Gasteiger partial charge in [-0.3, -0.25) is 14.7 Å². The van der Waals surface area contributed by atoms with Crippen LogP contribution in [-0.4, -0.2) is 23.0 Å². The maximum Gasteiger partial charge on any atom is 0.253 e. The van der Waals surface area contributed by atoms with Gasteiger partial charge in [0.2, 0.25) is 0 Å². The summed E-state index contributed by atoms with van der Waals surface area (Å²) < 4.78 is 6.49. The molecule has 0 fully saturated rings. The fourth-order valence-electron chi connectivity index (χ4n) is 2.92. The van der Waals surface area contributed by atoms with Crippen LogP contribution in [0.2, 0.25) is 0 Å². The van der Waals surface area contributed by atoms with Crippen LogP contribution in [0.3, 0.4) is 0 Å². The van der Waals surface area contributed by atoms with Crippen molar-refractivity contribution in [1.82, 2.24) is 9.97 Å². The Kier molecular flexibility index (Phi) is 5.69. The second kappa shape index (κ2) is 8.55. The van der Waals surface area contributed by atoms with Crippen LogP contribution in [0.1, 0.15) is 16.0 Å². The molecule has 0 bridgehead atoms. The summed E-state index contributed by atoms with van der Waals surface area (Å²) in [4.78, 5) is 24.7. The van der Waals surface area contributed by atoms with E-state index >= 15 is 0 Å². The van der Waals surface area contributed by atoms with E-state index in [0.29, 0.717) is 17.4 Å². The predicted molar refractivity (Wildman–Crippen MR) is 120 cm³/mol. The standard InChI is InChI=1S/C22H19N3O2S2/c1-15-5-7-18(27-2)20-21(15)29-22(24-20)25(14-16-9-11-23-12-10-16)19(26)8-6-17-4-3-13-28-17/h3-13H,14H2,1-2H3/b8-6+. The van der Waals surface area contributed by atoms with E-state index in [1.54, 1.807) is 41.8 Å². The summed E-state index contributed by atoms with van der Waals surface area (Å²) in [7, 11) is 1.63. The van der Waals surface area contributed by atoms with Crippen LogP contribution in [-0.2, 0) is 11.3 Å². The first-order valence-corrected chi connectivity index (χ1v) is 10.7. The lowest BCUT2D eigenvalue weighted by Gasteiger charge is -2.18. The summed E-state index contributed by atoms with van der Waals surface area (Å²) in [6, 6.07) is 11.7. The molecule has 0 aliphatic heterocycles. The molecule has 0 unspecified atom stereocenters. The van der Waals surface area contributed by atoms with E-state index < -0.39 is 0 Å². The number of amides is 1. The Labute approximate surface area is 176 Å². The summed E-state index contributed by atoms with van der Waals surface area (Å²) >= 11 is 3.09. The number of fused-ring (bicyclic) bond motifs is 1. The summed E-state index contributed by atoms with van der Waals surface area (Å²) in [5, 5.41) is 2.63. The van der Waals surface area contributed by atoms with Gasteiger partial charge in [-0.15, -0.1) is 11.3 Å². The molecule has 5 nitrogen and oxygen atoms in total. The van der Waals surface area contributed by atoms with Crippen LogP contribution < -0.4 is 9.64 Å². The van der Waals surface area contributed by atoms with Gasteiger partial charge in [0, 0.05) is 23.3 Å². The normalized spacial score (nSPS) is 11.2. The summed E-state index contributed by atoms with van der Waals surface area (Å²) in [5.41, 5.74) is 2.87. The number of aromatic nitrogens is 2. The van der Waals surface area contributed by atoms with Crippen LogP contribution in [0, 0.1) is 6.92 Å². The van der Waals surface area contributed by atoms with E-state index in [0.717, 1.165) is 26.2 Å². The SMILES string of the molecule is COc1ccc(C)c2sc(N(Cc3ccncc3)C(=O)/C=C/c3cccs3)nc12. The Morgan fingerprint density at radius 1 is 1.21 bits per heavy atom. The lowest BCUT2D eigenvalue weighted by molar-refractivity contribution is -0.114. The molecule has 3 aromatic heterocycles. The lowest BCUT2D eigenvalue weighted by Crippen LogP contribution is -2.28. The number of nitrogens with zero attached hydrogens (tertiary/aromatic N) is 3. The third kappa shape index (κ3) is 4.21. The molecular formula is C22H19N3O2S2. The molecule has 0 aliphatic carbocycles. The molecule has 0 saturated heterocycles. The zero-order valence-electron chi connectivity index (χ0n) is 16.0. The zero-order chi connectivity index (χ0) is 20.2. The monoisotopic (exact) mass is 421 g/mol. The number of thiophene rings is 1. The summed E-state index contributed by atoms with van der Waals surface area (Å²) in [6.45, 7) is 2.45. The lowest BCUT2D eigenvalue weighted by atomic mass is 10.2. The third-order valence-corrected chi connectivity index (χ3v) is 6.48. The summed E-state index contributed by atoms with van der Waals surface area (Å²) in [5.74, 6) is 0.587. The first kappa shape index (κ1) is 19.3. The Hall–Kier alpha value is -3.03. The third-order valence-electron chi connectivity index (χ3n) is 4.43. The van der Waals surface area contributed by atoms with Crippen molar-refractivity contribution in [3.05, 3.63) is 76.3 Å². The second-order valence-electron chi connectivity index (χ2n) is 6.39. The van der Waals surface area contributed by atoms with E-state index in [2.05, 4.69) is 4.98 Å². The topological polar surface area (TPSA) is 55.3 Å². The Morgan fingerprint density at radius 2 is 2.03 bits per heavy atom. The highest BCUT2D eigenvalue weighted by molar-refractivity contribution is 7.22. The maximum atomic E-state index is 13.1. The first-order valence-electron chi connectivity index (χ1n) is 9.02. The molecule has 0 radical (unpaired) electrons. The van der Waals surface area contributed by atoms with E-state index in [4.69, 9.17) is 9.72 Å². The van der Waals surface area contributed by atoms with Crippen LogP contribution in [0.5, 0.6) is 5.75 Å². The molecule has 0 aliphatic rings. The number of thiazole rings is 1. The number of ether oxygens (including phenoxy) is 1. The van der Waals surface area contributed by atoms with E-state index in [1.165, 1.54) is 11.3 Å². The van der Waals surface area contributed by atoms with Gasteiger partial charge in [0.05, 0.1) is 18.4 Å². The average Bonchev–Trinajstić information content (AvgIpc) is 3.42. The number of aryl methyl sites for hydroxylation is 1. The largest absolute Gasteiger partial charge is 0.494 e. The van der Waals surface area contributed by atoms with Gasteiger partial charge < -0.3 is 4.74 Å². The van der Waals surface area contributed by atoms with Crippen molar-refractivity contribution < 1.29 is 9.53 Å². The van der Waals surface area contributed by atoms with Crippen LogP contribution in [0.4, 0.5) is 5.13 Å². The molecule has 4 rings (SSSR count). The fraction of sp³-hybridized carbons (Fsp3) is 0.136. The van der Waals surface area contributed by atoms with E-state index in [1.807, 2.05) is 54.8 Å². The van der Waals surface area contributed by atoms with Gasteiger partial charge in [-0.2, -0.15) is 0 Å². The molecule has 3 heterocycles. The average molecular weight is 422 g/mol. The minimum atomic E-state index is -0.120. The van der Waals surface area contributed by atoms with Gasteiger partial charge in [-0.1, -0.05) is 23.5 Å². The highest BCUT2D eigenvalue weighted by atomic mass is 32.1. The van der Waals surface area contributed by atoms with Crippen molar-refractivity contribution in [2.24, 2.45) is 0 Å². The first-order chi connectivity index (χ1) is 14.2. The molecule has 0 saturated carbocycles. The van der Waals surface area contributed by atoms with E-state index in [9.17, 15) is 4.79 Å². The maximum absolute atomic E-state index is 13.1. The van der Waals surface area contributed by atoms with Crippen molar-refractivity contribution >= 4 is 50.0 Å². The molecule has 1 amide bonds. The molecule has 4 aromatic rings. The van der Waals surface area contributed by atoms with Crippen molar-refractivity contribution in [3.8, 4) is 5.75 Å². The van der Waals surface area contributed by atoms with Gasteiger partial charge in [-0.05, 0) is 53.8 Å².